The Labute approximate surface area is 101 Å². The molecule has 0 aliphatic heterocycles. The molecule has 1 aromatic heterocycles. The highest BCUT2D eigenvalue weighted by molar-refractivity contribution is 5.48. The summed E-state index contributed by atoms with van der Waals surface area (Å²) in [6.07, 6.45) is 1.92. The number of aryl methyl sites for hydroxylation is 1. The van der Waals surface area contributed by atoms with Crippen LogP contribution in [-0.4, -0.2) is 22.0 Å². The van der Waals surface area contributed by atoms with Gasteiger partial charge in [0.15, 0.2) is 0 Å². The largest absolute Gasteiger partial charge is 0.369 e. The van der Waals surface area contributed by atoms with Gasteiger partial charge in [0.1, 0.15) is 5.69 Å². The third-order valence-electron chi connectivity index (χ3n) is 2.64. The van der Waals surface area contributed by atoms with E-state index in [0.717, 1.165) is 23.5 Å². The second kappa shape index (κ2) is 4.97. The normalized spacial score (nSPS) is 10.5. The molecule has 0 saturated heterocycles. The standard InChI is InChI=1S/C12H17N5/c1-16(8-11-9-17(2)15-14-11)12-5-3-4-10(6-12)7-13/h3-6,9H,7-8,13H2,1-2H3. The van der Waals surface area contributed by atoms with Gasteiger partial charge < -0.3 is 10.6 Å². The average Bonchev–Trinajstić information content (AvgIpc) is 2.75. The zero-order chi connectivity index (χ0) is 12.3. The van der Waals surface area contributed by atoms with E-state index in [-0.39, 0.29) is 0 Å². The molecule has 2 aromatic rings. The molecule has 0 spiro atoms. The summed E-state index contributed by atoms with van der Waals surface area (Å²) in [4.78, 5) is 2.13. The minimum absolute atomic E-state index is 0.562. The molecule has 0 radical (unpaired) electrons. The summed E-state index contributed by atoms with van der Waals surface area (Å²) in [7, 11) is 3.90. The van der Waals surface area contributed by atoms with Crippen LogP contribution in [0.15, 0.2) is 30.5 Å². The Morgan fingerprint density at radius 2 is 2.24 bits per heavy atom. The summed E-state index contributed by atoms with van der Waals surface area (Å²) in [5.41, 5.74) is 8.85. The molecule has 0 aliphatic rings. The fourth-order valence-electron chi connectivity index (χ4n) is 1.72. The van der Waals surface area contributed by atoms with Gasteiger partial charge in [0.25, 0.3) is 0 Å². The lowest BCUT2D eigenvalue weighted by molar-refractivity contribution is 0.712. The topological polar surface area (TPSA) is 60.0 Å². The lowest BCUT2D eigenvalue weighted by Crippen LogP contribution is -2.17. The van der Waals surface area contributed by atoms with Crippen LogP contribution in [0.25, 0.3) is 0 Å². The van der Waals surface area contributed by atoms with Crippen LogP contribution < -0.4 is 10.6 Å². The number of anilines is 1. The lowest BCUT2D eigenvalue weighted by atomic mass is 10.2. The van der Waals surface area contributed by atoms with Crippen molar-refractivity contribution in [1.82, 2.24) is 15.0 Å². The monoisotopic (exact) mass is 231 g/mol. The first-order chi connectivity index (χ1) is 8.19. The van der Waals surface area contributed by atoms with Crippen LogP contribution in [0.5, 0.6) is 0 Å². The van der Waals surface area contributed by atoms with Gasteiger partial charge in [-0.15, -0.1) is 5.10 Å². The summed E-state index contributed by atoms with van der Waals surface area (Å²) in [5.74, 6) is 0. The van der Waals surface area contributed by atoms with Crippen LogP contribution in [0.2, 0.25) is 0 Å². The SMILES string of the molecule is CN(Cc1cn(C)nn1)c1cccc(CN)c1. The maximum Gasteiger partial charge on any atom is 0.102 e. The van der Waals surface area contributed by atoms with E-state index >= 15 is 0 Å². The Morgan fingerprint density at radius 3 is 2.88 bits per heavy atom. The van der Waals surface area contributed by atoms with Crippen molar-refractivity contribution >= 4 is 5.69 Å². The average molecular weight is 231 g/mol. The molecule has 2 N–H and O–H groups in total. The van der Waals surface area contributed by atoms with E-state index in [1.807, 2.05) is 32.4 Å². The van der Waals surface area contributed by atoms with E-state index in [0.29, 0.717) is 6.54 Å². The Hall–Kier alpha value is -1.88. The molecule has 0 saturated carbocycles. The van der Waals surface area contributed by atoms with Crippen molar-refractivity contribution in [3.05, 3.63) is 41.7 Å². The number of hydrogen-bond donors (Lipinski definition) is 1. The van der Waals surface area contributed by atoms with Gasteiger partial charge in [-0.2, -0.15) is 0 Å². The molecule has 0 unspecified atom stereocenters. The molecular formula is C12H17N5. The van der Waals surface area contributed by atoms with Crippen molar-refractivity contribution in [3.8, 4) is 0 Å². The minimum Gasteiger partial charge on any atom is -0.369 e. The van der Waals surface area contributed by atoms with Crippen molar-refractivity contribution in [2.45, 2.75) is 13.1 Å². The molecule has 0 aliphatic carbocycles. The van der Waals surface area contributed by atoms with Crippen LogP contribution in [0.4, 0.5) is 5.69 Å². The van der Waals surface area contributed by atoms with E-state index in [4.69, 9.17) is 5.73 Å². The predicted molar refractivity (Wildman–Crippen MR) is 67.4 cm³/mol. The molecule has 0 fully saturated rings. The van der Waals surface area contributed by atoms with Gasteiger partial charge in [-0.3, -0.25) is 4.68 Å². The number of benzene rings is 1. The molecular weight excluding hydrogens is 214 g/mol. The maximum atomic E-state index is 5.63. The van der Waals surface area contributed by atoms with Gasteiger partial charge in [0.05, 0.1) is 6.54 Å². The van der Waals surface area contributed by atoms with Crippen molar-refractivity contribution in [3.63, 3.8) is 0 Å². The van der Waals surface area contributed by atoms with Crippen LogP contribution in [0.3, 0.4) is 0 Å². The van der Waals surface area contributed by atoms with E-state index in [2.05, 4.69) is 27.3 Å². The van der Waals surface area contributed by atoms with Crippen LogP contribution >= 0.6 is 0 Å². The summed E-state index contributed by atoms with van der Waals surface area (Å²) in [6.45, 7) is 1.30. The quantitative estimate of drug-likeness (QED) is 0.849. The number of rotatable bonds is 4. The Balaban J connectivity index is 2.11. The highest BCUT2D eigenvalue weighted by atomic mass is 15.4. The molecule has 5 heteroatoms. The molecule has 0 atom stereocenters. The molecule has 5 nitrogen and oxygen atoms in total. The van der Waals surface area contributed by atoms with Gasteiger partial charge >= 0.3 is 0 Å². The third-order valence-corrected chi connectivity index (χ3v) is 2.64. The second-order valence-electron chi connectivity index (χ2n) is 4.11. The zero-order valence-electron chi connectivity index (χ0n) is 10.2. The fourth-order valence-corrected chi connectivity index (χ4v) is 1.72. The van der Waals surface area contributed by atoms with Crippen molar-refractivity contribution in [2.24, 2.45) is 12.8 Å². The molecule has 2 rings (SSSR count). The van der Waals surface area contributed by atoms with Crippen LogP contribution in [-0.2, 0) is 20.1 Å². The number of hydrogen-bond acceptors (Lipinski definition) is 4. The molecule has 90 valence electrons. The van der Waals surface area contributed by atoms with Gasteiger partial charge in [-0.1, -0.05) is 17.3 Å². The molecule has 17 heavy (non-hydrogen) atoms. The van der Waals surface area contributed by atoms with E-state index in [1.54, 1.807) is 4.68 Å². The van der Waals surface area contributed by atoms with Gasteiger partial charge in [-0.25, -0.2) is 0 Å². The minimum atomic E-state index is 0.562. The molecule has 1 aromatic carbocycles. The number of nitrogens with two attached hydrogens (primary N) is 1. The highest BCUT2D eigenvalue weighted by Gasteiger charge is 2.05. The first-order valence-electron chi connectivity index (χ1n) is 5.54. The summed E-state index contributed by atoms with van der Waals surface area (Å²) in [6, 6.07) is 8.20. The first kappa shape index (κ1) is 11.6. The second-order valence-corrected chi connectivity index (χ2v) is 4.11. The maximum absolute atomic E-state index is 5.63. The Morgan fingerprint density at radius 1 is 1.41 bits per heavy atom. The van der Waals surface area contributed by atoms with Gasteiger partial charge in [-0.05, 0) is 17.7 Å². The predicted octanol–water partition coefficient (Wildman–Crippen LogP) is 0.910. The van der Waals surface area contributed by atoms with Crippen molar-refractivity contribution in [1.29, 1.82) is 0 Å². The summed E-state index contributed by atoms with van der Waals surface area (Å²) < 4.78 is 1.71. The smallest absolute Gasteiger partial charge is 0.102 e. The number of nitrogens with zero attached hydrogens (tertiary/aromatic N) is 4. The summed E-state index contributed by atoms with van der Waals surface area (Å²) >= 11 is 0. The zero-order valence-corrected chi connectivity index (χ0v) is 10.2. The lowest BCUT2D eigenvalue weighted by Gasteiger charge is -2.18. The third kappa shape index (κ3) is 2.82. The van der Waals surface area contributed by atoms with E-state index in [9.17, 15) is 0 Å². The van der Waals surface area contributed by atoms with Crippen LogP contribution in [0, 0.1) is 0 Å². The van der Waals surface area contributed by atoms with Crippen molar-refractivity contribution < 1.29 is 0 Å². The Kier molecular flexibility index (Phi) is 3.39. The Bertz CT molecular complexity index is 491. The fraction of sp³-hybridized carbons (Fsp3) is 0.333. The van der Waals surface area contributed by atoms with Gasteiger partial charge in [0, 0.05) is 32.5 Å². The van der Waals surface area contributed by atoms with Crippen molar-refractivity contribution in [2.75, 3.05) is 11.9 Å². The molecule has 0 amide bonds. The van der Waals surface area contributed by atoms with E-state index < -0.39 is 0 Å². The number of aromatic nitrogens is 3. The van der Waals surface area contributed by atoms with Crippen LogP contribution in [0.1, 0.15) is 11.3 Å². The molecule has 1 heterocycles. The van der Waals surface area contributed by atoms with Gasteiger partial charge in [0.2, 0.25) is 0 Å². The molecule has 0 bridgehead atoms. The highest BCUT2D eigenvalue weighted by Crippen LogP contribution is 2.16. The summed E-state index contributed by atoms with van der Waals surface area (Å²) in [5, 5.41) is 7.99. The van der Waals surface area contributed by atoms with E-state index in [1.165, 1.54) is 0 Å². The first-order valence-corrected chi connectivity index (χ1v) is 5.54.